The largest absolute Gasteiger partial charge is 0.299 e. The number of amides is 2. The van der Waals surface area contributed by atoms with Gasteiger partial charge < -0.3 is 0 Å². The van der Waals surface area contributed by atoms with E-state index in [0.717, 1.165) is 13.0 Å². The Bertz CT molecular complexity index is 329. The van der Waals surface area contributed by atoms with Crippen LogP contribution in [-0.2, 0) is 9.59 Å². The molecule has 2 unspecified atom stereocenters. The van der Waals surface area contributed by atoms with E-state index in [1.165, 1.54) is 25.8 Å². The van der Waals surface area contributed by atoms with Crippen LogP contribution in [0.2, 0.25) is 0 Å². The Morgan fingerprint density at radius 3 is 2.35 bits per heavy atom. The predicted octanol–water partition coefficient (Wildman–Crippen LogP) is -0.428. The van der Waals surface area contributed by atoms with Gasteiger partial charge in [-0.05, 0) is 25.8 Å². The summed E-state index contributed by atoms with van der Waals surface area (Å²) < 4.78 is 0. The van der Waals surface area contributed by atoms with Crippen LogP contribution >= 0.6 is 0 Å². The quantitative estimate of drug-likeness (QED) is 0.629. The van der Waals surface area contributed by atoms with Gasteiger partial charge in [0.2, 0.25) is 11.8 Å². The molecular formula is C12H19N3O2. The summed E-state index contributed by atoms with van der Waals surface area (Å²) in [4.78, 5) is 27.4. The van der Waals surface area contributed by atoms with Gasteiger partial charge in [-0.25, -0.2) is 0 Å². The maximum Gasteiger partial charge on any atom is 0.240 e. The Labute approximate surface area is 101 Å². The predicted molar refractivity (Wildman–Crippen MR) is 62.3 cm³/mol. The summed E-state index contributed by atoms with van der Waals surface area (Å²) in [5.74, 6) is -0.286. The number of hydrogen-bond acceptors (Lipinski definition) is 4. The van der Waals surface area contributed by atoms with E-state index in [4.69, 9.17) is 0 Å². The van der Waals surface area contributed by atoms with Gasteiger partial charge in [-0.2, -0.15) is 0 Å². The van der Waals surface area contributed by atoms with Gasteiger partial charge in [0.05, 0.1) is 13.1 Å². The minimum Gasteiger partial charge on any atom is -0.299 e. The number of fused-ring (bicyclic) bond motifs is 1. The lowest BCUT2D eigenvalue weighted by Gasteiger charge is -2.38. The van der Waals surface area contributed by atoms with Gasteiger partial charge in [0.15, 0.2) is 0 Å². The molecule has 5 heteroatoms. The molecule has 2 atom stereocenters. The molecule has 0 spiro atoms. The van der Waals surface area contributed by atoms with Crippen molar-refractivity contribution in [3.63, 3.8) is 0 Å². The van der Waals surface area contributed by atoms with Crippen molar-refractivity contribution in [2.75, 3.05) is 26.2 Å². The first-order valence-corrected chi connectivity index (χ1v) is 6.55. The summed E-state index contributed by atoms with van der Waals surface area (Å²) >= 11 is 0. The third-order valence-corrected chi connectivity index (χ3v) is 4.26. The molecule has 3 saturated heterocycles. The Hall–Kier alpha value is -0.940. The first-order chi connectivity index (χ1) is 8.24. The van der Waals surface area contributed by atoms with Crippen molar-refractivity contribution in [1.82, 2.24) is 15.1 Å². The zero-order valence-corrected chi connectivity index (χ0v) is 10.0. The average molecular weight is 237 g/mol. The van der Waals surface area contributed by atoms with E-state index in [9.17, 15) is 9.59 Å². The molecule has 17 heavy (non-hydrogen) atoms. The van der Waals surface area contributed by atoms with E-state index in [-0.39, 0.29) is 11.8 Å². The minimum absolute atomic E-state index is 0.143. The van der Waals surface area contributed by atoms with Crippen molar-refractivity contribution in [3.8, 4) is 0 Å². The average Bonchev–Trinajstić information content (AvgIpc) is 2.71. The van der Waals surface area contributed by atoms with Crippen LogP contribution in [0.4, 0.5) is 0 Å². The zero-order valence-electron chi connectivity index (χ0n) is 10.0. The van der Waals surface area contributed by atoms with Crippen molar-refractivity contribution in [3.05, 3.63) is 0 Å². The van der Waals surface area contributed by atoms with Crippen molar-refractivity contribution in [2.45, 2.75) is 37.8 Å². The zero-order chi connectivity index (χ0) is 11.8. The highest BCUT2D eigenvalue weighted by molar-refractivity contribution is 5.99. The third kappa shape index (κ3) is 2.09. The van der Waals surface area contributed by atoms with Crippen LogP contribution in [0.25, 0.3) is 0 Å². The lowest BCUT2D eigenvalue weighted by atomic mass is 9.97. The highest BCUT2D eigenvalue weighted by atomic mass is 16.2. The van der Waals surface area contributed by atoms with Gasteiger partial charge in [-0.1, -0.05) is 6.42 Å². The monoisotopic (exact) mass is 237 g/mol. The van der Waals surface area contributed by atoms with E-state index >= 15 is 0 Å². The summed E-state index contributed by atoms with van der Waals surface area (Å²) in [6, 6.07) is 0.979. The number of imide groups is 1. The number of carbonyl (C=O) groups is 2. The molecule has 0 aromatic rings. The molecule has 0 aliphatic carbocycles. The molecule has 0 saturated carbocycles. The summed E-state index contributed by atoms with van der Waals surface area (Å²) in [6.07, 6.45) is 4.90. The van der Waals surface area contributed by atoms with Crippen LogP contribution in [-0.4, -0.2) is 59.9 Å². The Morgan fingerprint density at radius 1 is 0.882 bits per heavy atom. The number of piperidine rings is 1. The topological polar surface area (TPSA) is 52.7 Å². The van der Waals surface area contributed by atoms with Crippen molar-refractivity contribution < 1.29 is 9.59 Å². The minimum atomic E-state index is -0.143. The molecule has 94 valence electrons. The van der Waals surface area contributed by atoms with Crippen molar-refractivity contribution in [2.24, 2.45) is 0 Å². The SMILES string of the molecule is O=C1CN(C2CCN3CCCCC23)CC(=O)N1. The van der Waals surface area contributed by atoms with E-state index < -0.39 is 0 Å². The summed E-state index contributed by atoms with van der Waals surface area (Å²) in [5, 5.41) is 2.37. The number of nitrogens with one attached hydrogen (secondary N) is 1. The van der Waals surface area contributed by atoms with Crippen LogP contribution < -0.4 is 5.32 Å². The number of hydrogen-bond donors (Lipinski definition) is 1. The molecule has 0 aromatic carbocycles. The lowest BCUT2D eigenvalue weighted by molar-refractivity contribution is -0.137. The highest BCUT2D eigenvalue weighted by Gasteiger charge is 2.40. The highest BCUT2D eigenvalue weighted by Crippen LogP contribution is 2.30. The van der Waals surface area contributed by atoms with E-state index in [1.807, 2.05) is 0 Å². The van der Waals surface area contributed by atoms with Crippen molar-refractivity contribution >= 4 is 11.8 Å². The molecule has 0 bridgehead atoms. The third-order valence-electron chi connectivity index (χ3n) is 4.26. The molecule has 5 nitrogen and oxygen atoms in total. The van der Waals surface area contributed by atoms with Crippen LogP contribution in [0, 0.1) is 0 Å². The molecule has 1 N–H and O–H groups in total. The number of nitrogens with zero attached hydrogens (tertiary/aromatic N) is 2. The normalized spacial score (nSPS) is 35.8. The molecule has 3 rings (SSSR count). The smallest absolute Gasteiger partial charge is 0.240 e. The second kappa shape index (κ2) is 4.38. The van der Waals surface area contributed by atoms with E-state index in [1.54, 1.807) is 0 Å². The van der Waals surface area contributed by atoms with Gasteiger partial charge in [-0.15, -0.1) is 0 Å². The first-order valence-electron chi connectivity index (χ1n) is 6.55. The number of piperazine rings is 1. The fourth-order valence-corrected chi connectivity index (χ4v) is 3.54. The maximum atomic E-state index is 11.4. The first kappa shape index (κ1) is 11.2. The fourth-order valence-electron chi connectivity index (χ4n) is 3.54. The summed E-state index contributed by atoms with van der Waals surface area (Å²) in [7, 11) is 0. The maximum absolute atomic E-state index is 11.4. The van der Waals surface area contributed by atoms with Gasteiger partial charge in [0.1, 0.15) is 0 Å². The number of carbonyl (C=O) groups excluding carboxylic acids is 2. The molecule has 3 heterocycles. The van der Waals surface area contributed by atoms with Gasteiger partial charge >= 0.3 is 0 Å². The standard InChI is InChI=1S/C12H19N3O2/c16-11-7-15(8-12(17)13-11)10-4-6-14-5-2-1-3-9(10)14/h9-10H,1-8H2,(H,13,16,17). The Morgan fingerprint density at radius 2 is 1.59 bits per heavy atom. The van der Waals surface area contributed by atoms with Gasteiger partial charge in [0.25, 0.3) is 0 Å². The molecule has 2 amide bonds. The van der Waals surface area contributed by atoms with Gasteiger partial charge in [0, 0.05) is 18.6 Å². The second-order valence-corrected chi connectivity index (χ2v) is 5.33. The Kier molecular flexibility index (Phi) is 2.88. The van der Waals surface area contributed by atoms with E-state index in [2.05, 4.69) is 15.1 Å². The van der Waals surface area contributed by atoms with Crippen LogP contribution in [0.5, 0.6) is 0 Å². The van der Waals surface area contributed by atoms with Crippen LogP contribution in [0.3, 0.4) is 0 Å². The summed E-state index contributed by atoms with van der Waals surface area (Å²) in [5.41, 5.74) is 0. The molecule has 0 radical (unpaired) electrons. The molecule has 0 aromatic heterocycles. The van der Waals surface area contributed by atoms with Gasteiger partial charge in [-0.3, -0.25) is 24.7 Å². The lowest BCUT2D eigenvalue weighted by Crippen LogP contribution is -2.57. The fraction of sp³-hybridized carbons (Fsp3) is 0.833. The second-order valence-electron chi connectivity index (χ2n) is 5.33. The molecule has 3 aliphatic heterocycles. The summed E-state index contributed by atoms with van der Waals surface area (Å²) in [6.45, 7) is 3.10. The van der Waals surface area contributed by atoms with Crippen LogP contribution in [0.15, 0.2) is 0 Å². The molecule has 3 aliphatic rings. The number of rotatable bonds is 1. The van der Waals surface area contributed by atoms with Crippen LogP contribution in [0.1, 0.15) is 25.7 Å². The van der Waals surface area contributed by atoms with E-state index in [0.29, 0.717) is 25.2 Å². The Balaban J connectivity index is 1.71. The molecular weight excluding hydrogens is 218 g/mol. The molecule has 3 fully saturated rings. The van der Waals surface area contributed by atoms with Crippen molar-refractivity contribution in [1.29, 1.82) is 0 Å².